The molecule has 122 valence electrons. The van der Waals surface area contributed by atoms with E-state index >= 15 is 0 Å². The highest BCUT2D eigenvalue weighted by Gasteiger charge is 2.52. The molecular weight excluding hydrogens is 284 g/mol. The Morgan fingerprint density at radius 3 is 2.35 bits per heavy atom. The molecule has 4 aliphatic carbocycles. The van der Waals surface area contributed by atoms with E-state index in [0.29, 0.717) is 0 Å². The zero-order valence-corrected chi connectivity index (χ0v) is 13.9. The van der Waals surface area contributed by atoms with Crippen LogP contribution in [-0.4, -0.2) is 17.6 Å². The molecule has 3 nitrogen and oxygen atoms in total. The van der Waals surface area contributed by atoms with E-state index in [1.54, 1.807) is 0 Å². The third-order valence-electron chi connectivity index (χ3n) is 6.84. The number of urea groups is 1. The number of nitrogens with zero attached hydrogens (tertiary/aromatic N) is 1. The molecule has 2 amide bonds. The molecule has 0 aromatic heterocycles. The lowest BCUT2D eigenvalue weighted by Crippen LogP contribution is -2.62. The first kappa shape index (κ1) is 13.9. The van der Waals surface area contributed by atoms with Crippen LogP contribution in [0.25, 0.3) is 0 Å². The monoisotopic (exact) mass is 310 g/mol. The maximum Gasteiger partial charge on any atom is 0.322 e. The number of carbonyl (C=O) groups excluding carboxylic acids is 1. The summed E-state index contributed by atoms with van der Waals surface area (Å²) in [5.41, 5.74) is 2.52. The summed E-state index contributed by atoms with van der Waals surface area (Å²) in [6, 6.07) is 8.78. The molecule has 1 atom stereocenters. The van der Waals surface area contributed by atoms with Gasteiger partial charge in [0.25, 0.3) is 0 Å². The van der Waals surface area contributed by atoms with Gasteiger partial charge >= 0.3 is 6.03 Å². The average Bonchev–Trinajstić information content (AvgIpc) is 2.81. The molecule has 4 saturated carbocycles. The molecule has 0 spiro atoms. The lowest BCUT2D eigenvalue weighted by Gasteiger charge is -2.57. The van der Waals surface area contributed by atoms with Gasteiger partial charge in [-0.05, 0) is 81.3 Å². The van der Waals surface area contributed by atoms with E-state index in [2.05, 4.69) is 30.4 Å². The van der Waals surface area contributed by atoms with Crippen LogP contribution in [0, 0.1) is 17.8 Å². The molecule has 1 aromatic rings. The van der Waals surface area contributed by atoms with Gasteiger partial charge < -0.3 is 5.32 Å². The minimum absolute atomic E-state index is 0.100. The van der Waals surface area contributed by atoms with Crippen LogP contribution in [0.1, 0.15) is 51.0 Å². The van der Waals surface area contributed by atoms with Crippen molar-refractivity contribution in [1.29, 1.82) is 0 Å². The Hall–Kier alpha value is -1.51. The van der Waals surface area contributed by atoms with Crippen LogP contribution in [0.3, 0.4) is 0 Å². The van der Waals surface area contributed by atoms with Gasteiger partial charge in [-0.3, -0.25) is 4.90 Å². The Bertz CT molecular complexity index is 618. The molecule has 0 unspecified atom stereocenters. The third-order valence-corrected chi connectivity index (χ3v) is 6.84. The molecule has 4 fully saturated rings. The van der Waals surface area contributed by atoms with Crippen LogP contribution in [-0.2, 0) is 6.42 Å². The Morgan fingerprint density at radius 1 is 1.09 bits per heavy atom. The summed E-state index contributed by atoms with van der Waals surface area (Å²) in [6.07, 6.45) is 8.87. The SMILES string of the molecule is C[C@@H]1Cc2ccccc2N1C(=O)NC12CC3CC(CC(C3)C1)C2. The van der Waals surface area contributed by atoms with Crippen molar-refractivity contribution in [2.24, 2.45) is 17.8 Å². The van der Waals surface area contributed by atoms with Crippen molar-refractivity contribution < 1.29 is 4.79 Å². The highest BCUT2D eigenvalue weighted by Crippen LogP contribution is 2.55. The van der Waals surface area contributed by atoms with Crippen molar-refractivity contribution in [1.82, 2.24) is 5.32 Å². The van der Waals surface area contributed by atoms with Crippen molar-refractivity contribution in [2.45, 2.75) is 63.5 Å². The van der Waals surface area contributed by atoms with Crippen molar-refractivity contribution >= 4 is 11.7 Å². The standard InChI is InChI=1S/C20H26N2O/c1-13-6-17-4-2-3-5-18(17)22(13)19(23)21-20-10-14-7-15(11-20)9-16(8-14)12-20/h2-5,13-16H,6-12H2,1H3,(H,21,23)/t13-,14?,15?,16?,20?/m1/s1. The molecule has 5 aliphatic rings. The second-order valence-electron chi connectivity index (χ2n) is 8.68. The fourth-order valence-electron chi connectivity index (χ4n) is 6.43. The minimum Gasteiger partial charge on any atom is -0.332 e. The van der Waals surface area contributed by atoms with Crippen LogP contribution in [0.15, 0.2) is 24.3 Å². The molecular formula is C20H26N2O. The minimum atomic E-state index is 0.100. The molecule has 6 rings (SSSR count). The van der Waals surface area contributed by atoms with E-state index in [0.717, 1.165) is 29.9 Å². The topological polar surface area (TPSA) is 32.3 Å². The summed E-state index contributed by atoms with van der Waals surface area (Å²) >= 11 is 0. The van der Waals surface area contributed by atoms with Crippen molar-refractivity contribution in [3.63, 3.8) is 0 Å². The zero-order valence-electron chi connectivity index (χ0n) is 13.9. The van der Waals surface area contributed by atoms with Gasteiger partial charge in [-0.15, -0.1) is 0 Å². The molecule has 1 N–H and O–H groups in total. The van der Waals surface area contributed by atoms with E-state index in [9.17, 15) is 4.79 Å². The van der Waals surface area contributed by atoms with Gasteiger partial charge in [0.05, 0.1) is 0 Å². The zero-order chi connectivity index (χ0) is 15.6. The largest absolute Gasteiger partial charge is 0.332 e. The summed E-state index contributed by atoms with van der Waals surface area (Å²) in [7, 11) is 0. The lowest BCUT2D eigenvalue weighted by molar-refractivity contribution is -0.0131. The first-order valence-electron chi connectivity index (χ1n) is 9.31. The normalized spacial score (nSPS) is 40.3. The molecule has 1 aliphatic heterocycles. The predicted molar refractivity (Wildman–Crippen MR) is 91.5 cm³/mol. The van der Waals surface area contributed by atoms with Crippen molar-refractivity contribution in [2.75, 3.05) is 4.90 Å². The Labute approximate surface area is 138 Å². The highest BCUT2D eigenvalue weighted by atomic mass is 16.2. The quantitative estimate of drug-likeness (QED) is 0.831. The first-order valence-corrected chi connectivity index (χ1v) is 9.31. The van der Waals surface area contributed by atoms with Gasteiger partial charge in [0.2, 0.25) is 0 Å². The number of hydrogen-bond acceptors (Lipinski definition) is 1. The number of nitrogens with one attached hydrogen (secondary N) is 1. The van der Waals surface area contributed by atoms with Crippen LogP contribution < -0.4 is 10.2 Å². The van der Waals surface area contributed by atoms with Crippen LogP contribution >= 0.6 is 0 Å². The molecule has 0 radical (unpaired) electrons. The number of para-hydroxylation sites is 1. The molecule has 3 heteroatoms. The number of fused-ring (bicyclic) bond motifs is 1. The maximum atomic E-state index is 13.1. The smallest absolute Gasteiger partial charge is 0.322 e. The van der Waals surface area contributed by atoms with Crippen molar-refractivity contribution in [3.8, 4) is 0 Å². The number of benzene rings is 1. The van der Waals surface area contributed by atoms with E-state index in [1.807, 2.05) is 11.0 Å². The van der Waals surface area contributed by atoms with Crippen LogP contribution in [0.5, 0.6) is 0 Å². The van der Waals surface area contributed by atoms with Gasteiger partial charge in [-0.2, -0.15) is 0 Å². The summed E-state index contributed by atoms with van der Waals surface area (Å²) in [4.78, 5) is 15.1. The number of amides is 2. The fraction of sp³-hybridized carbons (Fsp3) is 0.650. The fourth-order valence-corrected chi connectivity index (χ4v) is 6.43. The predicted octanol–water partition coefficient (Wildman–Crippen LogP) is 4.12. The Kier molecular flexibility index (Phi) is 2.87. The lowest BCUT2D eigenvalue weighted by atomic mass is 9.53. The summed E-state index contributed by atoms with van der Waals surface area (Å²) < 4.78 is 0. The van der Waals surface area contributed by atoms with Crippen LogP contribution in [0.2, 0.25) is 0 Å². The molecule has 1 heterocycles. The first-order chi connectivity index (χ1) is 11.1. The second kappa shape index (κ2) is 4.75. The number of anilines is 1. The number of rotatable bonds is 1. The Morgan fingerprint density at radius 2 is 1.70 bits per heavy atom. The summed E-state index contributed by atoms with van der Waals surface area (Å²) in [6.45, 7) is 2.17. The second-order valence-corrected chi connectivity index (χ2v) is 8.68. The van der Waals surface area contributed by atoms with E-state index in [1.165, 1.54) is 44.1 Å². The van der Waals surface area contributed by atoms with Gasteiger partial charge in [0.15, 0.2) is 0 Å². The third kappa shape index (κ3) is 2.12. The highest BCUT2D eigenvalue weighted by molar-refractivity contribution is 5.95. The number of carbonyl (C=O) groups is 1. The molecule has 0 saturated heterocycles. The van der Waals surface area contributed by atoms with E-state index < -0.39 is 0 Å². The van der Waals surface area contributed by atoms with Gasteiger partial charge in [-0.25, -0.2) is 4.79 Å². The van der Waals surface area contributed by atoms with E-state index in [4.69, 9.17) is 0 Å². The van der Waals surface area contributed by atoms with Gasteiger partial charge in [0.1, 0.15) is 0 Å². The van der Waals surface area contributed by atoms with Gasteiger partial charge in [0, 0.05) is 17.3 Å². The summed E-state index contributed by atoms with van der Waals surface area (Å²) in [5.74, 6) is 2.60. The molecule has 4 bridgehead atoms. The average molecular weight is 310 g/mol. The molecule has 23 heavy (non-hydrogen) atoms. The van der Waals surface area contributed by atoms with E-state index in [-0.39, 0.29) is 17.6 Å². The van der Waals surface area contributed by atoms with Crippen molar-refractivity contribution in [3.05, 3.63) is 29.8 Å². The molecule has 1 aromatic carbocycles. The van der Waals surface area contributed by atoms with Crippen LogP contribution in [0.4, 0.5) is 10.5 Å². The number of hydrogen-bond donors (Lipinski definition) is 1. The Balaban J connectivity index is 1.40. The van der Waals surface area contributed by atoms with Gasteiger partial charge in [-0.1, -0.05) is 18.2 Å². The summed E-state index contributed by atoms with van der Waals surface area (Å²) in [5, 5.41) is 3.52. The maximum absolute atomic E-state index is 13.1.